The van der Waals surface area contributed by atoms with Crippen LogP contribution in [-0.4, -0.2) is 45.4 Å². The van der Waals surface area contributed by atoms with E-state index in [2.05, 4.69) is 32.5 Å². The second kappa shape index (κ2) is 8.52. The normalized spacial score (nSPS) is 12.3. The van der Waals surface area contributed by atoms with Gasteiger partial charge in [0.25, 0.3) is 0 Å². The largest absolute Gasteiger partial charge is 0.461 e. The van der Waals surface area contributed by atoms with Crippen LogP contribution in [0.4, 0.5) is 11.9 Å². The molecule has 0 bridgehead atoms. The van der Waals surface area contributed by atoms with Gasteiger partial charge in [-0.05, 0) is 33.6 Å². The van der Waals surface area contributed by atoms with Crippen molar-refractivity contribution in [3.63, 3.8) is 0 Å². The topological polar surface area (TPSA) is 92.2 Å². The molecule has 0 aliphatic carbocycles. The summed E-state index contributed by atoms with van der Waals surface area (Å²) in [5, 5.41) is 15.2. The van der Waals surface area contributed by atoms with E-state index >= 15 is 0 Å². The Balaban J connectivity index is 2.84. The Morgan fingerprint density at radius 1 is 1.15 bits per heavy atom. The fourth-order valence-electron chi connectivity index (χ4n) is 1.49. The minimum absolute atomic E-state index is 0.000796. The molecule has 114 valence electrons. The summed E-state index contributed by atoms with van der Waals surface area (Å²) in [5.74, 6) is 0.950. The number of rotatable bonds is 9. The molecule has 0 spiro atoms. The predicted octanol–water partition coefficient (Wildman–Crippen LogP) is 1.66. The van der Waals surface area contributed by atoms with E-state index in [9.17, 15) is 0 Å². The molecule has 1 aromatic rings. The third kappa shape index (κ3) is 6.01. The van der Waals surface area contributed by atoms with Crippen LogP contribution in [-0.2, 0) is 0 Å². The first-order chi connectivity index (χ1) is 9.55. The second-order valence-corrected chi connectivity index (χ2v) is 4.92. The number of nitrogens with zero attached hydrogens (tertiary/aromatic N) is 3. The van der Waals surface area contributed by atoms with Gasteiger partial charge in [0.05, 0.1) is 6.10 Å². The Bertz CT molecular complexity index is 400. The van der Waals surface area contributed by atoms with Crippen LogP contribution >= 0.6 is 0 Å². The summed E-state index contributed by atoms with van der Waals surface area (Å²) in [7, 11) is 0. The smallest absolute Gasteiger partial charge is 0.323 e. The molecule has 0 amide bonds. The highest BCUT2D eigenvalue weighted by Crippen LogP contribution is 2.13. The molecular formula is C13H25N5O2. The van der Waals surface area contributed by atoms with Gasteiger partial charge in [0.15, 0.2) is 0 Å². The fraction of sp³-hybridized carbons (Fsp3) is 0.769. The predicted molar refractivity (Wildman–Crippen MR) is 79.2 cm³/mol. The van der Waals surface area contributed by atoms with Crippen LogP contribution in [0.1, 0.15) is 40.5 Å². The number of hydrogen-bond acceptors (Lipinski definition) is 7. The maximum Gasteiger partial charge on any atom is 0.323 e. The van der Waals surface area contributed by atoms with Crippen LogP contribution in [0.5, 0.6) is 6.01 Å². The third-order valence-corrected chi connectivity index (χ3v) is 2.43. The summed E-state index contributed by atoms with van der Waals surface area (Å²) in [4.78, 5) is 12.7. The summed E-state index contributed by atoms with van der Waals surface area (Å²) >= 11 is 0. The molecule has 0 aliphatic heterocycles. The van der Waals surface area contributed by atoms with Gasteiger partial charge in [-0.1, -0.05) is 6.92 Å². The summed E-state index contributed by atoms with van der Waals surface area (Å²) < 4.78 is 5.53. The standard InChI is InChI=1S/C13H25N5O2/c1-5-7-14-11-16-12(15-10(4)6-8-19)18-13(17-11)20-9(2)3/h9-10,19H,5-8H2,1-4H3,(H2,14,15,16,17,18). The Morgan fingerprint density at radius 3 is 2.45 bits per heavy atom. The number of aromatic nitrogens is 3. The molecule has 1 aromatic heterocycles. The molecule has 0 radical (unpaired) electrons. The van der Waals surface area contributed by atoms with E-state index in [0.29, 0.717) is 24.3 Å². The molecule has 0 saturated carbocycles. The van der Waals surface area contributed by atoms with Crippen molar-refractivity contribution in [2.24, 2.45) is 0 Å². The first kappa shape index (κ1) is 16.4. The Labute approximate surface area is 120 Å². The maximum atomic E-state index is 8.93. The molecule has 1 rings (SSSR count). The average Bonchev–Trinajstić information content (AvgIpc) is 2.35. The summed E-state index contributed by atoms with van der Waals surface area (Å²) in [6, 6.07) is 0.376. The fourth-order valence-corrected chi connectivity index (χ4v) is 1.49. The number of anilines is 2. The van der Waals surface area contributed by atoms with Crippen LogP contribution in [0, 0.1) is 0 Å². The lowest BCUT2D eigenvalue weighted by atomic mass is 10.2. The molecule has 7 nitrogen and oxygen atoms in total. The van der Waals surface area contributed by atoms with Crippen LogP contribution in [0.25, 0.3) is 0 Å². The first-order valence-corrected chi connectivity index (χ1v) is 7.09. The summed E-state index contributed by atoms with van der Waals surface area (Å²) in [5.41, 5.74) is 0. The molecule has 7 heteroatoms. The molecule has 0 aromatic carbocycles. The van der Waals surface area contributed by atoms with Crippen LogP contribution in [0.15, 0.2) is 0 Å². The van der Waals surface area contributed by atoms with Gasteiger partial charge in [-0.2, -0.15) is 15.0 Å². The van der Waals surface area contributed by atoms with E-state index in [-0.39, 0.29) is 18.8 Å². The Morgan fingerprint density at radius 2 is 1.85 bits per heavy atom. The van der Waals surface area contributed by atoms with Gasteiger partial charge in [-0.3, -0.25) is 0 Å². The number of ether oxygens (including phenoxy) is 1. The number of aliphatic hydroxyl groups is 1. The van der Waals surface area contributed by atoms with Crippen molar-refractivity contribution in [2.75, 3.05) is 23.8 Å². The zero-order valence-corrected chi connectivity index (χ0v) is 12.7. The molecule has 0 saturated heterocycles. The van der Waals surface area contributed by atoms with Crippen molar-refractivity contribution in [3.05, 3.63) is 0 Å². The van der Waals surface area contributed by atoms with E-state index in [4.69, 9.17) is 9.84 Å². The molecule has 1 heterocycles. The van der Waals surface area contributed by atoms with Crippen molar-refractivity contribution in [1.29, 1.82) is 0 Å². The molecule has 1 unspecified atom stereocenters. The number of nitrogens with one attached hydrogen (secondary N) is 2. The quantitative estimate of drug-likeness (QED) is 0.634. The molecule has 20 heavy (non-hydrogen) atoms. The lowest BCUT2D eigenvalue weighted by Gasteiger charge is -2.15. The van der Waals surface area contributed by atoms with Crippen LogP contribution in [0.3, 0.4) is 0 Å². The van der Waals surface area contributed by atoms with E-state index < -0.39 is 0 Å². The molecule has 0 aliphatic rings. The molecule has 1 atom stereocenters. The second-order valence-electron chi connectivity index (χ2n) is 4.92. The highest BCUT2D eigenvalue weighted by molar-refractivity contribution is 5.36. The van der Waals surface area contributed by atoms with Gasteiger partial charge in [-0.25, -0.2) is 0 Å². The third-order valence-electron chi connectivity index (χ3n) is 2.43. The first-order valence-electron chi connectivity index (χ1n) is 7.09. The minimum atomic E-state index is -0.000796. The van der Waals surface area contributed by atoms with E-state index in [1.54, 1.807) is 0 Å². The average molecular weight is 283 g/mol. The van der Waals surface area contributed by atoms with Crippen LogP contribution in [0.2, 0.25) is 0 Å². The maximum absolute atomic E-state index is 8.93. The van der Waals surface area contributed by atoms with Crippen molar-refractivity contribution < 1.29 is 9.84 Å². The zero-order chi connectivity index (χ0) is 15.0. The highest BCUT2D eigenvalue weighted by atomic mass is 16.5. The Hall–Kier alpha value is -1.63. The molecule has 3 N–H and O–H groups in total. The Kier molecular flexibility index (Phi) is 7.00. The van der Waals surface area contributed by atoms with Gasteiger partial charge < -0.3 is 20.5 Å². The van der Waals surface area contributed by atoms with E-state index in [1.807, 2.05) is 20.8 Å². The highest BCUT2D eigenvalue weighted by Gasteiger charge is 2.10. The summed E-state index contributed by atoms with van der Waals surface area (Å²) in [6.07, 6.45) is 1.61. The number of hydrogen-bond donors (Lipinski definition) is 3. The lowest BCUT2D eigenvalue weighted by Crippen LogP contribution is -2.20. The SMILES string of the molecule is CCCNc1nc(NC(C)CCO)nc(OC(C)C)n1. The van der Waals surface area contributed by atoms with Gasteiger partial charge in [-0.15, -0.1) is 0 Å². The van der Waals surface area contributed by atoms with E-state index in [0.717, 1.165) is 13.0 Å². The van der Waals surface area contributed by atoms with Crippen molar-refractivity contribution in [3.8, 4) is 6.01 Å². The number of aliphatic hydroxyl groups excluding tert-OH is 1. The van der Waals surface area contributed by atoms with E-state index in [1.165, 1.54) is 0 Å². The van der Waals surface area contributed by atoms with Gasteiger partial charge >= 0.3 is 6.01 Å². The van der Waals surface area contributed by atoms with Crippen molar-refractivity contribution in [2.45, 2.75) is 52.7 Å². The van der Waals surface area contributed by atoms with Gasteiger partial charge in [0, 0.05) is 19.2 Å². The van der Waals surface area contributed by atoms with Gasteiger partial charge in [0.1, 0.15) is 0 Å². The lowest BCUT2D eigenvalue weighted by molar-refractivity contribution is 0.222. The molecule has 0 fully saturated rings. The zero-order valence-electron chi connectivity index (χ0n) is 12.7. The molecular weight excluding hydrogens is 258 g/mol. The summed E-state index contributed by atoms with van der Waals surface area (Å²) in [6.45, 7) is 8.78. The minimum Gasteiger partial charge on any atom is -0.461 e. The van der Waals surface area contributed by atoms with Crippen molar-refractivity contribution in [1.82, 2.24) is 15.0 Å². The monoisotopic (exact) mass is 283 g/mol. The van der Waals surface area contributed by atoms with Crippen molar-refractivity contribution >= 4 is 11.9 Å². The van der Waals surface area contributed by atoms with Gasteiger partial charge in [0.2, 0.25) is 11.9 Å². The van der Waals surface area contributed by atoms with Crippen LogP contribution < -0.4 is 15.4 Å².